The molecule has 2 aromatic rings. The number of H-pyrrole nitrogens is 1. The summed E-state index contributed by atoms with van der Waals surface area (Å²) in [6, 6.07) is 0. The Morgan fingerprint density at radius 1 is 1.52 bits per heavy atom. The summed E-state index contributed by atoms with van der Waals surface area (Å²) >= 11 is 5.27. The smallest absolute Gasteiger partial charge is 0.385 e. The molecule has 4 heterocycles. The van der Waals surface area contributed by atoms with E-state index >= 15 is 0 Å². The minimum Gasteiger partial charge on any atom is -0.385 e. The zero-order chi connectivity index (χ0) is 16.4. The molecule has 23 heavy (non-hydrogen) atoms. The van der Waals surface area contributed by atoms with Gasteiger partial charge in [-0.3, -0.25) is 4.57 Å². The number of imidazole rings is 1. The van der Waals surface area contributed by atoms with Gasteiger partial charge in [0.05, 0.1) is 0 Å². The summed E-state index contributed by atoms with van der Waals surface area (Å²) in [5, 5.41) is 10.5. The van der Waals surface area contributed by atoms with Crippen LogP contribution in [-0.2, 0) is 13.8 Å². The monoisotopic (exact) mass is 356 g/mol. The largest absolute Gasteiger partial charge is 0.488 e. The maximum atomic E-state index is 10.5. The van der Waals surface area contributed by atoms with Gasteiger partial charge in [-0.25, -0.2) is 14.9 Å². The fraction of sp³-hybridized carbons (Fsp3) is 0.500. The molecule has 2 saturated heterocycles. The molecule has 1 unspecified atom stereocenters. The number of aromatic amines is 1. The number of ether oxygens (including phenoxy) is 1. The molecule has 5 atom stereocenters. The molecule has 0 saturated carbocycles. The van der Waals surface area contributed by atoms with Crippen molar-refractivity contribution in [2.75, 3.05) is 12.3 Å². The van der Waals surface area contributed by atoms with Gasteiger partial charge in [-0.05, 0) is 12.2 Å². The van der Waals surface area contributed by atoms with Crippen molar-refractivity contribution in [3.8, 4) is 0 Å². The Hall–Kier alpha value is -1.14. The first-order valence-electron chi connectivity index (χ1n) is 6.65. The summed E-state index contributed by atoms with van der Waals surface area (Å²) in [7, 11) is 2.04. The van der Waals surface area contributed by atoms with Gasteiger partial charge in [0.1, 0.15) is 30.7 Å². The maximum absolute atomic E-state index is 10.5. The quantitative estimate of drug-likeness (QED) is 0.305. The molecule has 0 spiro atoms. The van der Waals surface area contributed by atoms with Gasteiger partial charge < -0.3 is 20.6 Å². The van der Waals surface area contributed by atoms with Gasteiger partial charge in [-0.15, -0.1) is 0 Å². The van der Waals surface area contributed by atoms with Crippen molar-refractivity contribution in [3.63, 3.8) is 0 Å². The zero-order valence-electron chi connectivity index (χ0n) is 11.6. The predicted octanol–water partition coefficient (Wildman–Crippen LogP) is -0.417. The van der Waals surface area contributed by atoms with E-state index in [1.165, 1.54) is 10.9 Å². The molecule has 2 aliphatic rings. The molecule has 0 aromatic carbocycles. The third-order valence-corrected chi connectivity index (χ3v) is 5.16. The van der Waals surface area contributed by atoms with E-state index in [9.17, 15) is 10.00 Å². The van der Waals surface area contributed by atoms with E-state index in [1.54, 1.807) is 0 Å². The zero-order valence-corrected chi connectivity index (χ0v) is 13.3. The van der Waals surface area contributed by atoms with E-state index in [2.05, 4.69) is 15.0 Å². The molecule has 2 fully saturated rings. The van der Waals surface area contributed by atoms with Crippen LogP contribution in [0.4, 0.5) is 5.82 Å². The minimum absolute atomic E-state index is 0.00576. The maximum Gasteiger partial charge on any atom is 0.488 e. The standard InChI is InChI=1S/C10H12BN5O5PS/c11-22(18)19-1-3-6(21-22)5(17)9(20-3)16-8-4(15-10(16)23)7(12)13-2-14-8/h2-3,5-6,9,17-18H,1H2,(H,15,23)(H2,12,13,14)/q+1/t3-,5-,6-,9-,22?/m1/s1. The Morgan fingerprint density at radius 2 is 2.30 bits per heavy atom. The lowest BCUT2D eigenvalue weighted by molar-refractivity contribution is -0.0607. The molecule has 0 aliphatic carbocycles. The number of nitrogens with one attached hydrogen (secondary N) is 1. The van der Waals surface area contributed by atoms with Crippen molar-refractivity contribution >= 4 is 44.6 Å². The number of hydrogen-bond donors (Lipinski definition) is 4. The number of anilines is 1. The third-order valence-electron chi connectivity index (χ3n) is 3.80. The van der Waals surface area contributed by atoms with E-state index in [0.717, 1.165) is 0 Å². The van der Waals surface area contributed by atoms with E-state index in [1.807, 2.05) is 0 Å². The Balaban J connectivity index is 1.76. The lowest BCUT2D eigenvalue weighted by Crippen LogP contribution is -2.40. The van der Waals surface area contributed by atoms with E-state index in [-0.39, 0.29) is 17.2 Å². The Bertz CT molecular complexity index is 830. The van der Waals surface area contributed by atoms with Gasteiger partial charge in [0.2, 0.25) is 0 Å². The second-order valence-electron chi connectivity index (χ2n) is 5.24. The number of rotatable bonds is 1. The van der Waals surface area contributed by atoms with E-state index in [4.69, 9.17) is 39.3 Å². The van der Waals surface area contributed by atoms with Gasteiger partial charge in [-0.1, -0.05) is 0 Å². The number of aromatic nitrogens is 4. The second-order valence-corrected chi connectivity index (χ2v) is 7.23. The normalized spacial score (nSPS) is 37.1. The van der Waals surface area contributed by atoms with Gasteiger partial charge >= 0.3 is 15.4 Å². The minimum atomic E-state index is -3.44. The number of hydrogen-bond acceptors (Lipinski definition) is 9. The lowest BCUT2D eigenvalue weighted by Gasteiger charge is -2.27. The highest BCUT2D eigenvalue weighted by atomic mass is 32.1. The van der Waals surface area contributed by atoms with Crippen molar-refractivity contribution in [2.24, 2.45) is 0 Å². The first-order valence-corrected chi connectivity index (χ1v) is 8.70. The number of aliphatic hydroxyl groups excluding tert-OH is 1. The summed E-state index contributed by atoms with van der Waals surface area (Å²) < 4.78 is 17.8. The van der Waals surface area contributed by atoms with Crippen molar-refractivity contribution in [1.82, 2.24) is 19.5 Å². The van der Waals surface area contributed by atoms with Crippen LogP contribution in [0.5, 0.6) is 0 Å². The molecule has 0 amide bonds. The van der Waals surface area contributed by atoms with Crippen LogP contribution in [0.1, 0.15) is 6.23 Å². The van der Waals surface area contributed by atoms with Crippen molar-refractivity contribution in [3.05, 3.63) is 11.1 Å². The van der Waals surface area contributed by atoms with Crippen LogP contribution >= 0.6 is 20.0 Å². The van der Waals surface area contributed by atoms with Gasteiger partial charge in [0.25, 0.3) is 0 Å². The number of fused-ring (bicyclic) bond motifs is 2. The third kappa shape index (κ3) is 2.38. The van der Waals surface area contributed by atoms with Crippen LogP contribution in [0.3, 0.4) is 0 Å². The van der Waals surface area contributed by atoms with Gasteiger partial charge in [0, 0.05) is 0 Å². The van der Waals surface area contributed by atoms with Crippen LogP contribution in [0.15, 0.2) is 6.33 Å². The van der Waals surface area contributed by atoms with E-state index in [0.29, 0.717) is 11.2 Å². The Labute approximate surface area is 136 Å². The lowest BCUT2D eigenvalue weighted by atomic mass is 10.1. The highest BCUT2D eigenvalue weighted by Crippen LogP contribution is 2.58. The molecule has 0 bridgehead atoms. The van der Waals surface area contributed by atoms with Crippen molar-refractivity contribution in [1.29, 1.82) is 0 Å². The van der Waals surface area contributed by atoms with E-state index < -0.39 is 32.4 Å². The molecular weight excluding hydrogens is 344 g/mol. The predicted molar refractivity (Wildman–Crippen MR) is 82.8 cm³/mol. The van der Waals surface area contributed by atoms with Crippen LogP contribution < -0.4 is 5.73 Å². The second kappa shape index (κ2) is 5.18. The van der Waals surface area contributed by atoms with Gasteiger partial charge in [-0.2, -0.15) is 9.05 Å². The molecule has 120 valence electrons. The molecule has 2 aliphatic heterocycles. The number of nitrogens with two attached hydrogens (primary N) is 1. The Morgan fingerprint density at radius 3 is 3.09 bits per heavy atom. The van der Waals surface area contributed by atoms with Gasteiger partial charge in [0.15, 0.2) is 28.6 Å². The average molecular weight is 356 g/mol. The summed E-state index contributed by atoms with van der Waals surface area (Å²) in [4.78, 5) is 20.6. The summed E-state index contributed by atoms with van der Waals surface area (Å²) in [6.45, 7) is 0.00576. The molecule has 2 radical (unpaired) electrons. The first kappa shape index (κ1) is 15.4. The SMILES string of the molecule is [B][P+]1(O)OC[C@H]2O[C@@H](n3c(=S)[nH]c4c(N)ncnc43)[C@H](O)[C@@H]2O1. The average Bonchev–Trinajstić information content (AvgIpc) is 2.97. The van der Waals surface area contributed by atoms with Crippen molar-refractivity contribution in [2.45, 2.75) is 24.5 Å². The molecular formula is C10H12BN5O5PS+. The first-order chi connectivity index (χ1) is 10.9. The topological polar surface area (TPSA) is 141 Å². The number of nitrogen functional groups attached to an aromatic ring is 1. The van der Waals surface area contributed by atoms with Crippen LogP contribution in [0.2, 0.25) is 0 Å². The summed E-state index contributed by atoms with van der Waals surface area (Å²) in [5.41, 5.74) is 6.63. The molecule has 13 heteroatoms. The van der Waals surface area contributed by atoms with Crippen molar-refractivity contribution < 1.29 is 23.8 Å². The fourth-order valence-electron chi connectivity index (χ4n) is 2.77. The van der Waals surface area contributed by atoms with Crippen LogP contribution in [0.25, 0.3) is 11.2 Å². The highest BCUT2D eigenvalue weighted by molar-refractivity contribution is 7.85. The van der Waals surface area contributed by atoms with Crippen LogP contribution in [0, 0.1) is 4.77 Å². The fourth-order valence-corrected chi connectivity index (χ4v) is 4.10. The summed E-state index contributed by atoms with van der Waals surface area (Å²) in [6.07, 6.45) is -2.15. The molecule has 10 nitrogen and oxygen atoms in total. The number of nitrogens with zero attached hydrogens (tertiary/aromatic N) is 3. The highest BCUT2D eigenvalue weighted by Gasteiger charge is 2.57. The number of aliphatic hydroxyl groups is 1. The Kier molecular flexibility index (Phi) is 3.47. The molecule has 5 N–H and O–H groups in total. The molecule has 4 rings (SSSR count). The van der Waals surface area contributed by atoms with Crippen LogP contribution in [-0.4, -0.2) is 62.0 Å². The molecule has 2 aromatic heterocycles. The summed E-state index contributed by atoms with van der Waals surface area (Å²) in [5.74, 6) is 0.228.